The van der Waals surface area contributed by atoms with Crippen LogP contribution in [0.3, 0.4) is 0 Å². The van der Waals surface area contributed by atoms with Crippen LogP contribution in [-0.4, -0.2) is 17.6 Å². The first-order valence-corrected chi connectivity index (χ1v) is 6.35. The Hall–Kier alpha value is -2.16. The minimum atomic E-state index is -0.306. The van der Waals surface area contributed by atoms with E-state index in [2.05, 4.69) is 4.98 Å². The minimum Gasteiger partial charge on any atom is -0.462 e. The SMILES string of the molecule is CC(C)COC(=O)/C=C/c1ccc2ncccc2c1. The first-order valence-electron chi connectivity index (χ1n) is 6.35. The van der Waals surface area contributed by atoms with Gasteiger partial charge in [-0.2, -0.15) is 0 Å². The van der Waals surface area contributed by atoms with E-state index in [-0.39, 0.29) is 5.97 Å². The summed E-state index contributed by atoms with van der Waals surface area (Å²) in [6.07, 6.45) is 4.98. The lowest BCUT2D eigenvalue weighted by atomic mass is 10.1. The number of pyridine rings is 1. The van der Waals surface area contributed by atoms with E-state index >= 15 is 0 Å². The monoisotopic (exact) mass is 255 g/mol. The minimum absolute atomic E-state index is 0.306. The highest BCUT2D eigenvalue weighted by atomic mass is 16.5. The molecule has 0 aliphatic carbocycles. The maximum Gasteiger partial charge on any atom is 0.330 e. The molecule has 0 aliphatic heterocycles. The van der Waals surface area contributed by atoms with Crippen molar-refractivity contribution in [1.82, 2.24) is 4.98 Å². The summed E-state index contributed by atoms with van der Waals surface area (Å²) < 4.78 is 5.07. The fraction of sp³-hybridized carbons (Fsp3) is 0.250. The number of benzene rings is 1. The maximum absolute atomic E-state index is 11.5. The van der Waals surface area contributed by atoms with Crippen LogP contribution in [0.1, 0.15) is 19.4 Å². The molecule has 2 aromatic rings. The van der Waals surface area contributed by atoms with E-state index in [0.29, 0.717) is 12.5 Å². The van der Waals surface area contributed by atoms with E-state index < -0.39 is 0 Å². The van der Waals surface area contributed by atoms with E-state index in [0.717, 1.165) is 16.5 Å². The van der Waals surface area contributed by atoms with Crippen LogP contribution in [0.25, 0.3) is 17.0 Å². The van der Waals surface area contributed by atoms with Gasteiger partial charge in [0.05, 0.1) is 12.1 Å². The lowest BCUT2D eigenvalue weighted by Gasteiger charge is -2.04. The zero-order valence-electron chi connectivity index (χ0n) is 11.2. The lowest BCUT2D eigenvalue weighted by molar-refractivity contribution is -0.138. The normalized spacial score (nSPS) is 11.3. The number of ether oxygens (including phenoxy) is 1. The molecule has 2 rings (SSSR count). The summed E-state index contributed by atoms with van der Waals surface area (Å²) in [7, 11) is 0. The molecule has 0 spiro atoms. The van der Waals surface area contributed by atoms with Gasteiger partial charge in [0.1, 0.15) is 0 Å². The first kappa shape index (κ1) is 13.3. The fourth-order valence-electron chi connectivity index (χ4n) is 1.66. The molecule has 0 bridgehead atoms. The summed E-state index contributed by atoms with van der Waals surface area (Å²) in [6.45, 7) is 4.46. The molecule has 3 heteroatoms. The Kier molecular flexibility index (Phi) is 4.29. The molecule has 0 unspecified atom stereocenters. The highest BCUT2D eigenvalue weighted by Gasteiger charge is 2.00. The van der Waals surface area contributed by atoms with Crippen LogP contribution in [0.5, 0.6) is 0 Å². The van der Waals surface area contributed by atoms with Crippen molar-refractivity contribution in [3.05, 3.63) is 48.2 Å². The Morgan fingerprint density at radius 1 is 1.37 bits per heavy atom. The molecule has 0 N–H and O–H groups in total. The Bertz CT molecular complexity index is 602. The quantitative estimate of drug-likeness (QED) is 0.620. The molecule has 1 aromatic heterocycles. The van der Waals surface area contributed by atoms with Crippen molar-refractivity contribution in [2.75, 3.05) is 6.61 Å². The molecule has 0 fully saturated rings. The number of aromatic nitrogens is 1. The predicted octanol–water partition coefficient (Wildman–Crippen LogP) is 3.45. The number of carbonyl (C=O) groups is 1. The third-order valence-electron chi connectivity index (χ3n) is 2.60. The van der Waals surface area contributed by atoms with Crippen LogP contribution >= 0.6 is 0 Å². The van der Waals surface area contributed by atoms with Crippen LogP contribution in [-0.2, 0) is 9.53 Å². The van der Waals surface area contributed by atoms with Gasteiger partial charge < -0.3 is 4.74 Å². The highest BCUT2D eigenvalue weighted by Crippen LogP contribution is 2.14. The molecule has 0 atom stereocenters. The van der Waals surface area contributed by atoms with E-state index in [1.54, 1.807) is 12.3 Å². The molecule has 98 valence electrons. The Morgan fingerprint density at radius 3 is 3.00 bits per heavy atom. The Morgan fingerprint density at radius 2 is 2.21 bits per heavy atom. The van der Waals surface area contributed by atoms with Crippen LogP contribution in [0.4, 0.5) is 0 Å². The van der Waals surface area contributed by atoms with Gasteiger partial charge >= 0.3 is 5.97 Å². The maximum atomic E-state index is 11.5. The van der Waals surface area contributed by atoms with Crippen molar-refractivity contribution in [2.45, 2.75) is 13.8 Å². The number of nitrogens with zero attached hydrogens (tertiary/aromatic N) is 1. The molecule has 1 heterocycles. The molecular weight excluding hydrogens is 238 g/mol. The molecule has 3 nitrogen and oxygen atoms in total. The van der Waals surface area contributed by atoms with Gasteiger partial charge in [0.25, 0.3) is 0 Å². The predicted molar refractivity (Wildman–Crippen MR) is 76.6 cm³/mol. The van der Waals surface area contributed by atoms with Crippen LogP contribution in [0.2, 0.25) is 0 Å². The molecule has 0 saturated carbocycles. The Labute approximate surface area is 112 Å². The van der Waals surface area contributed by atoms with E-state index in [9.17, 15) is 4.79 Å². The number of esters is 1. The summed E-state index contributed by atoms with van der Waals surface area (Å²) in [5.74, 6) is 0.0454. The zero-order valence-corrected chi connectivity index (χ0v) is 11.2. The summed E-state index contributed by atoms with van der Waals surface area (Å²) in [5.41, 5.74) is 1.91. The lowest BCUT2D eigenvalue weighted by Crippen LogP contribution is -2.06. The highest BCUT2D eigenvalue weighted by molar-refractivity contribution is 5.88. The number of rotatable bonds is 4. The topological polar surface area (TPSA) is 39.2 Å². The van der Waals surface area contributed by atoms with Crippen molar-refractivity contribution in [3.63, 3.8) is 0 Å². The third-order valence-corrected chi connectivity index (χ3v) is 2.60. The summed E-state index contributed by atoms with van der Waals surface area (Å²) >= 11 is 0. The van der Waals surface area contributed by atoms with Crippen molar-refractivity contribution in [2.24, 2.45) is 5.92 Å². The number of carbonyl (C=O) groups excluding carboxylic acids is 1. The first-order chi connectivity index (χ1) is 9.15. The van der Waals surface area contributed by atoms with E-state index in [1.807, 2.05) is 44.2 Å². The van der Waals surface area contributed by atoms with Gasteiger partial charge in [0.2, 0.25) is 0 Å². The second-order valence-electron chi connectivity index (χ2n) is 4.81. The van der Waals surface area contributed by atoms with Crippen molar-refractivity contribution in [1.29, 1.82) is 0 Å². The summed E-state index contributed by atoms with van der Waals surface area (Å²) in [5, 5.41) is 1.06. The van der Waals surface area contributed by atoms with Gasteiger partial charge in [0.15, 0.2) is 0 Å². The average Bonchev–Trinajstić information content (AvgIpc) is 2.42. The van der Waals surface area contributed by atoms with Crippen molar-refractivity contribution >= 4 is 22.9 Å². The molecule has 19 heavy (non-hydrogen) atoms. The van der Waals surface area contributed by atoms with Gasteiger partial charge in [0, 0.05) is 17.7 Å². The number of hydrogen-bond acceptors (Lipinski definition) is 3. The largest absolute Gasteiger partial charge is 0.462 e. The van der Waals surface area contributed by atoms with Crippen molar-refractivity contribution < 1.29 is 9.53 Å². The van der Waals surface area contributed by atoms with Gasteiger partial charge in [-0.25, -0.2) is 4.79 Å². The second kappa shape index (κ2) is 6.14. The zero-order chi connectivity index (χ0) is 13.7. The summed E-state index contributed by atoms with van der Waals surface area (Å²) in [6, 6.07) is 9.76. The average molecular weight is 255 g/mol. The van der Waals surface area contributed by atoms with Gasteiger partial charge in [-0.1, -0.05) is 26.0 Å². The van der Waals surface area contributed by atoms with Gasteiger partial charge in [-0.05, 0) is 35.8 Å². The van der Waals surface area contributed by atoms with Gasteiger partial charge in [-0.3, -0.25) is 4.98 Å². The van der Waals surface area contributed by atoms with Crippen LogP contribution in [0, 0.1) is 5.92 Å². The summed E-state index contributed by atoms with van der Waals surface area (Å²) in [4.78, 5) is 15.7. The Balaban J connectivity index is 2.06. The molecule has 0 saturated heterocycles. The van der Waals surface area contributed by atoms with Crippen molar-refractivity contribution in [3.8, 4) is 0 Å². The molecule has 1 aromatic carbocycles. The fourth-order valence-corrected chi connectivity index (χ4v) is 1.66. The number of hydrogen-bond donors (Lipinski definition) is 0. The van der Waals surface area contributed by atoms with E-state index in [4.69, 9.17) is 4.74 Å². The standard InChI is InChI=1S/C16H17NO2/c1-12(2)11-19-16(18)8-6-13-5-7-15-14(10-13)4-3-9-17-15/h3-10,12H,11H2,1-2H3/b8-6+. The van der Waals surface area contributed by atoms with E-state index in [1.165, 1.54) is 6.08 Å². The molecule has 0 aliphatic rings. The van der Waals surface area contributed by atoms with Gasteiger partial charge in [-0.15, -0.1) is 0 Å². The second-order valence-corrected chi connectivity index (χ2v) is 4.81. The number of fused-ring (bicyclic) bond motifs is 1. The smallest absolute Gasteiger partial charge is 0.330 e. The molecular formula is C16H17NO2. The molecule has 0 amide bonds. The molecule has 0 radical (unpaired) electrons. The third kappa shape index (κ3) is 3.91. The van der Waals surface area contributed by atoms with Crippen LogP contribution in [0.15, 0.2) is 42.6 Å². The van der Waals surface area contributed by atoms with Crippen LogP contribution < -0.4 is 0 Å².